The first-order valence-corrected chi connectivity index (χ1v) is 9.69. The van der Waals surface area contributed by atoms with Gasteiger partial charge in [0.15, 0.2) is 0 Å². The van der Waals surface area contributed by atoms with Crippen LogP contribution in [-0.4, -0.2) is 65.5 Å². The molecule has 0 aliphatic carbocycles. The van der Waals surface area contributed by atoms with E-state index in [1.807, 2.05) is 17.7 Å². The van der Waals surface area contributed by atoms with Gasteiger partial charge in [-0.15, -0.1) is 0 Å². The van der Waals surface area contributed by atoms with Crippen LogP contribution < -0.4 is 0 Å². The molecular formula is C15H26N4O3S. The Bertz CT molecular complexity index is 630. The monoisotopic (exact) mass is 342 g/mol. The number of imidazole rings is 1. The lowest BCUT2D eigenvalue weighted by atomic mass is 10.1. The molecule has 130 valence electrons. The fraction of sp³-hybridized carbons (Fsp3) is 0.800. The van der Waals surface area contributed by atoms with Crippen LogP contribution in [0.3, 0.4) is 0 Å². The summed E-state index contributed by atoms with van der Waals surface area (Å²) in [6.07, 6.45) is 7.29. The van der Waals surface area contributed by atoms with Crippen LogP contribution in [0, 0.1) is 6.92 Å². The zero-order valence-electron chi connectivity index (χ0n) is 13.9. The molecule has 2 fully saturated rings. The highest BCUT2D eigenvalue weighted by molar-refractivity contribution is 7.86. The number of aryl methyl sites for hydroxylation is 1. The van der Waals surface area contributed by atoms with Crippen molar-refractivity contribution < 1.29 is 13.2 Å². The van der Waals surface area contributed by atoms with Crippen molar-refractivity contribution in [3.05, 3.63) is 18.2 Å². The van der Waals surface area contributed by atoms with E-state index in [-0.39, 0.29) is 12.1 Å². The molecule has 0 spiro atoms. The van der Waals surface area contributed by atoms with Gasteiger partial charge in [-0.1, -0.05) is 0 Å². The summed E-state index contributed by atoms with van der Waals surface area (Å²) in [5.41, 5.74) is 0. The van der Waals surface area contributed by atoms with E-state index in [1.165, 1.54) is 0 Å². The number of ether oxygens (including phenoxy) is 1. The molecule has 1 aromatic rings. The van der Waals surface area contributed by atoms with Crippen LogP contribution in [0.5, 0.6) is 0 Å². The Morgan fingerprint density at radius 1 is 1.30 bits per heavy atom. The molecule has 0 aromatic carbocycles. The number of methoxy groups -OCH3 is 1. The molecule has 0 unspecified atom stereocenters. The second-order valence-corrected chi connectivity index (χ2v) is 8.28. The number of hydrogen-bond acceptors (Lipinski definition) is 4. The second-order valence-electron chi connectivity index (χ2n) is 6.40. The van der Waals surface area contributed by atoms with Crippen LogP contribution in [-0.2, 0) is 21.5 Å². The van der Waals surface area contributed by atoms with E-state index >= 15 is 0 Å². The molecule has 7 nitrogen and oxygen atoms in total. The molecule has 3 rings (SSSR count). The minimum atomic E-state index is -3.42. The maximum atomic E-state index is 13.0. The van der Waals surface area contributed by atoms with Gasteiger partial charge in [0, 0.05) is 51.7 Å². The minimum Gasteiger partial charge on any atom is -0.380 e. The van der Waals surface area contributed by atoms with Crippen molar-refractivity contribution in [3.8, 4) is 0 Å². The summed E-state index contributed by atoms with van der Waals surface area (Å²) in [6.45, 7) is 4.28. The molecule has 2 saturated heterocycles. The summed E-state index contributed by atoms with van der Waals surface area (Å²) in [5.74, 6) is 0.923. The van der Waals surface area contributed by atoms with Crippen molar-refractivity contribution in [2.24, 2.45) is 0 Å². The Labute approximate surface area is 138 Å². The largest absolute Gasteiger partial charge is 0.380 e. The van der Waals surface area contributed by atoms with Crippen molar-refractivity contribution in [2.75, 3.05) is 26.7 Å². The summed E-state index contributed by atoms with van der Waals surface area (Å²) >= 11 is 0. The first-order chi connectivity index (χ1) is 11.0. The molecule has 0 amide bonds. The molecule has 0 N–H and O–H groups in total. The number of aromatic nitrogens is 2. The molecule has 0 saturated carbocycles. The van der Waals surface area contributed by atoms with Gasteiger partial charge in [0.05, 0.1) is 6.10 Å². The Kier molecular flexibility index (Phi) is 5.05. The summed E-state index contributed by atoms with van der Waals surface area (Å²) in [5, 5.41) is 0. The van der Waals surface area contributed by atoms with E-state index in [9.17, 15) is 8.42 Å². The maximum absolute atomic E-state index is 13.0. The molecule has 23 heavy (non-hydrogen) atoms. The van der Waals surface area contributed by atoms with Gasteiger partial charge in [0.1, 0.15) is 5.82 Å². The van der Waals surface area contributed by atoms with Gasteiger partial charge in [0.2, 0.25) is 0 Å². The van der Waals surface area contributed by atoms with Crippen LogP contribution in [0.25, 0.3) is 0 Å². The summed E-state index contributed by atoms with van der Waals surface area (Å²) in [4.78, 5) is 4.22. The molecule has 0 radical (unpaired) electrons. The molecule has 2 aliphatic heterocycles. The number of hydrogen-bond donors (Lipinski definition) is 0. The minimum absolute atomic E-state index is 0.00970. The molecule has 2 atom stereocenters. The van der Waals surface area contributed by atoms with Crippen molar-refractivity contribution in [3.63, 3.8) is 0 Å². The van der Waals surface area contributed by atoms with Crippen molar-refractivity contribution >= 4 is 10.2 Å². The average molecular weight is 342 g/mol. The quantitative estimate of drug-likeness (QED) is 0.801. The van der Waals surface area contributed by atoms with Crippen LogP contribution in [0.2, 0.25) is 0 Å². The summed E-state index contributed by atoms with van der Waals surface area (Å²) in [7, 11) is -1.76. The van der Waals surface area contributed by atoms with E-state index in [1.54, 1.807) is 21.9 Å². The van der Waals surface area contributed by atoms with Gasteiger partial charge in [-0.05, 0) is 32.6 Å². The van der Waals surface area contributed by atoms with Crippen molar-refractivity contribution in [1.29, 1.82) is 0 Å². The molecule has 2 aliphatic rings. The SMILES string of the molecule is CO[C@H]1CCCN(S(=O)(=O)N2CCC[C@@H]2Cn2ccnc2C)C1. The molecule has 8 heteroatoms. The normalized spacial score (nSPS) is 27.6. The predicted octanol–water partition coefficient (Wildman–Crippen LogP) is 1.01. The molecule has 3 heterocycles. The van der Waals surface area contributed by atoms with E-state index in [0.717, 1.165) is 31.5 Å². The van der Waals surface area contributed by atoms with Crippen molar-refractivity contribution in [2.45, 2.75) is 51.3 Å². The Morgan fingerprint density at radius 2 is 2.09 bits per heavy atom. The van der Waals surface area contributed by atoms with E-state index in [4.69, 9.17) is 4.74 Å². The highest BCUT2D eigenvalue weighted by Crippen LogP contribution is 2.27. The van der Waals surface area contributed by atoms with Crippen LogP contribution >= 0.6 is 0 Å². The van der Waals surface area contributed by atoms with Crippen LogP contribution in [0.15, 0.2) is 12.4 Å². The van der Waals surface area contributed by atoms with Gasteiger partial charge < -0.3 is 9.30 Å². The average Bonchev–Trinajstić information content (AvgIpc) is 3.18. The summed E-state index contributed by atoms with van der Waals surface area (Å²) in [6, 6.07) is 0.0100. The number of nitrogens with zero attached hydrogens (tertiary/aromatic N) is 4. The van der Waals surface area contributed by atoms with E-state index in [2.05, 4.69) is 4.98 Å². The summed E-state index contributed by atoms with van der Waals surface area (Å²) < 4.78 is 36.8. The fourth-order valence-electron chi connectivity index (χ4n) is 3.57. The fourth-order valence-corrected chi connectivity index (χ4v) is 5.49. The third-order valence-corrected chi connectivity index (χ3v) is 7.01. The zero-order chi connectivity index (χ0) is 16.4. The molecular weight excluding hydrogens is 316 g/mol. The third-order valence-electron chi connectivity index (χ3n) is 4.95. The third kappa shape index (κ3) is 3.45. The number of rotatable bonds is 5. The zero-order valence-corrected chi connectivity index (χ0v) is 14.7. The molecule has 0 bridgehead atoms. The van der Waals surface area contributed by atoms with Crippen molar-refractivity contribution in [1.82, 2.24) is 18.2 Å². The standard InChI is InChI=1S/C15H26N4O3S/c1-13-16-7-10-17(13)11-14-5-3-9-19(14)23(20,21)18-8-4-6-15(12-18)22-2/h7,10,14-15H,3-6,8-9,11-12H2,1-2H3/t14-,15+/m1/s1. The van der Waals surface area contributed by atoms with Gasteiger partial charge in [0.25, 0.3) is 10.2 Å². The Balaban J connectivity index is 1.74. The molecule has 1 aromatic heterocycles. The van der Waals surface area contributed by atoms with E-state index in [0.29, 0.717) is 26.2 Å². The van der Waals surface area contributed by atoms with Gasteiger partial charge in [-0.3, -0.25) is 0 Å². The second kappa shape index (κ2) is 6.88. The smallest absolute Gasteiger partial charge is 0.282 e. The lowest BCUT2D eigenvalue weighted by Crippen LogP contribution is -2.51. The lowest BCUT2D eigenvalue weighted by Gasteiger charge is -2.35. The highest BCUT2D eigenvalue weighted by Gasteiger charge is 2.40. The number of piperidine rings is 1. The first-order valence-electron chi connectivity index (χ1n) is 8.30. The van der Waals surface area contributed by atoms with E-state index < -0.39 is 10.2 Å². The van der Waals surface area contributed by atoms with Gasteiger partial charge in [-0.25, -0.2) is 4.98 Å². The lowest BCUT2D eigenvalue weighted by molar-refractivity contribution is 0.0550. The Morgan fingerprint density at radius 3 is 2.78 bits per heavy atom. The van der Waals surface area contributed by atoms with Gasteiger partial charge in [-0.2, -0.15) is 17.0 Å². The van der Waals surface area contributed by atoms with Gasteiger partial charge >= 0.3 is 0 Å². The van der Waals surface area contributed by atoms with Crippen LogP contribution in [0.4, 0.5) is 0 Å². The first kappa shape index (κ1) is 16.9. The maximum Gasteiger partial charge on any atom is 0.282 e. The Hall–Kier alpha value is -0.960. The predicted molar refractivity (Wildman–Crippen MR) is 87.2 cm³/mol. The van der Waals surface area contributed by atoms with Crippen LogP contribution in [0.1, 0.15) is 31.5 Å². The highest BCUT2D eigenvalue weighted by atomic mass is 32.2. The topological polar surface area (TPSA) is 67.7 Å².